The van der Waals surface area contributed by atoms with Crippen molar-refractivity contribution in [3.63, 3.8) is 0 Å². The zero-order chi connectivity index (χ0) is 12.2. The van der Waals surface area contributed by atoms with E-state index in [0.717, 1.165) is 6.61 Å². The maximum Gasteiger partial charge on any atom is 0.108 e. The molecule has 2 nitrogen and oxygen atoms in total. The summed E-state index contributed by atoms with van der Waals surface area (Å²) in [6.45, 7) is 1.49. The van der Waals surface area contributed by atoms with Gasteiger partial charge in [0, 0.05) is 0 Å². The summed E-state index contributed by atoms with van der Waals surface area (Å²) in [6.07, 6.45) is 0.288. The maximum atomic E-state index is 6.01. The molecule has 92 valence electrons. The van der Waals surface area contributed by atoms with Crippen LogP contribution in [0.4, 0.5) is 0 Å². The predicted octanol–water partition coefficient (Wildman–Crippen LogP) is 3.19. The predicted molar refractivity (Wildman–Crippen MR) is 70.4 cm³/mol. The average Bonchev–Trinajstić information content (AvgIpc) is 3.26. The molecule has 0 spiro atoms. The zero-order valence-electron chi connectivity index (χ0n) is 10.2. The van der Waals surface area contributed by atoms with Gasteiger partial charge < -0.3 is 9.47 Å². The fourth-order valence-corrected chi connectivity index (χ4v) is 2.01. The van der Waals surface area contributed by atoms with Gasteiger partial charge in [0.25, 0.3) is 0 Å². The van der Waals surface area contributed by atoms with Crippen LogP contribution in [0.15, 0.2) is 60.7 Å². The number of rotatable bonds is 5. The quantitative estimate of drug-likeness (QED) is 0.749. The van der Waals surface area contributed by atoms with Crippen molar-refractivity contribution in [3.8, 4) is 0 Å². The van der Waals surface area contributed by atoms with E-state index in [1.54, 1.807) is 0 Å². The molecule has 0 aromatic heterocycles. The van der Waals surface area contributed by atoms with Crippen LogP contribution in [-0.4, -0.2) is 19.3 Å². The molecule has 2 aromatic rings. The van der Waals surface area contributed by atoms with E-state index in [-0.39, 0.29) is 6.10 Å². The van der Waals surface area contributed by atoms with Crippen LogP contribution in [0, 0.1) is 0 Å². The Kier molecular flexibility index (Phi) is 3.40. The van der Waals surface area contributed by atoms with E-state index < -0.39 is 0 Å². The van der Waals surface area contributed by atoms with Gasteiger partial charge in [0.2, 0.25) is 0 Å². The third-order valence-corrected chi connectivity index (χ3v) is 3.06. The third-order valence-electron chi connectivity index (χ3n) is 3.06. The second-order valence-electron chi connectivity index (χ2n) is 4.49. The topological polar surface area (TPSA) is 21.8 Å². The lowest BCUT2D eigenvalue weighted by Crippen LogP contribution is -2.10. The van der Waals surface area contributed by atoms with E-state index >= 15 is 0 Å². The van der Waals surface area contributed by atoms with Gasteiger partial charge in [-0.1, -0.05) is 60.7 Å². The lowest BCUT2D eigenvalue weighted by Gasteiger charge is -2.18. The van der Waals surface area contributed by atoms with Crippen molar-refractivity contribution in [2.75, 3.05) is 13.2 Å². The first kappa shape index (κ1) is 11.5. The van der Waals surface area contributed by atoms with Crippen LogP contribution in [0.5, 0.6) is 0 Å². The van der Waals surface area contributed by atoms with Gasteiger partial charge in [-0.05, 0) is 11.1 Å². The van der Waals surface area contributed by atoms with Gasteiger partial charge in [0.1, 0.15) is 12.2 Å². The van der Waals surface area contributed by atoms with Crippen molar-refractivity contribution in [2.24, 2.45) is 0 Å². The number of benzene rings is 2. The van der Waals surface area contributed by atoms with Crippen LogP contribution in [-0.2, 0) is 9.47 Å². The first-order chi connectivity index (χ1) is 8.93. The highest BCUT2D eigenvalue weighted by atomic mass is 16.6. The number of epoxide rings is 1. The van der Waals surface area contributed by atoms with Crippen LogP contribution in [0.1, 0.15) is 17.2 Å². The Morgan fingerprint density at radius 1 is 0.944 bits per heavy atom. The molecule has 1 heterocycles. The normalized spacial score (nSPS) is 17.9. The molecule has 0 unspecified atom stereocenters. The van der Waals surface area contributed by atoms with Gasteiger partial charge in [-0.3, -0.25) is 0 Å². The molecular formula is C16H16O2. The van der Waals surface area contributed by atoms with E-state index in [4.69, 9.17) is 9.47 Å². The highest BCUT2D eigenvalue weighted by Gasteiger charge is 2.25. The molecule has 18 heavy (non-hydrogen) atoms. The van der Waals surface area contributed by atoms with Crippen LogP contribution in [0.25, 0.3) is 0 Å². The highest BCUT2D eigenvalue weighted by molar-refractivity contribution is 5.29. The summed E-state index contributed by atoms with van der Waals surface area (Å²) < 4.78 is 11.2. The first-order valence-electron chi connectivity index (χ1n) is 6.26. The molecule has 3 rings (SSSR count). The van der Waals surface area contributed by atoms with E-state index in [2.05, 4.69) is 24.3 Å². The molecule has 1 saturated heterocycles. The van der Waals surface area contributed by atoms with E-state index in [1.807, 2.05) is 36.4 Å². The van der Waals surface area contributed by atoms with Gasteiger partial charge in [-0.15, -0.1) is 0 Å². The molecule has 0 aliphatic carbocycles. The minimum absolute atomic E-state index is 0.00315. The largest absolute Gasteiger partial charge is 0.371 e. The Bertz CT molecular complexity index is 437. The van der Waals surface area contributed by atoms with Gasteiger partial charge in [0.05, 0.1) is 13.2 Å². The molecule has 0 N–H and O–H groups in total. The molecule has 0 radical (unpaired) electrons. The Morgan fingerprint density at radius 3 is 1.89 bits per heavy atom. The summed E-state index contributed by atoms with van der Waals surface area (Å²) in [7, 11) is 0. The molecule has 0 bridgehead atoms. The number of hydrogen-bond donors (Lipinski definition) is 0. The van der Waals surface area contributed by atoms with E-state index in [9.17, 15) is 0 Å². The van der Waals surface area contributed by atoms with Crippen molar-refractivity contribution in [3.05, 3.63) is 71.8 Å². The van der Waals surface area contributed by atoms with Crippen molar-refractivity contribution in [1.82, 2.24) is 0 Å². The Balaban J connectivity index is 1.83. The van der Waals surface area contributed by atoms with Crippen molar-refractivity contribution in [2.45, 2.75) is 12.2 Å². The smallest absolute Gasteiger partial charge is 0.108 e. The fourth-order valence-electron chi connectivity index (χ4n) is 2.01. The molecule has 0 saturated carbocycles. The molecule has 2 aromatic carbocycles. The van der Waals surface area contributed by atoms with Crippen LogP contribution < -0.4 is 0 Å². The van der Waals surface area contributed by atoms with Crippen molar-refractivity contribution >= 4 is 0 Å². The van der Waals surface area contributed by atoms with Gasteiger partial charge in [-0.2, -0.15) is 0 Å². The molecule has 1 aliphatic heterocycles. The Hall–Kier alpha value is -1.64. The zero-order valence-corrected chi connectivity index (χ0v) is 10.2. The summed E-state index contributed by atoms with van der Waals surface area (Å²) >= 11 is 0. The number of hydrogen-bond acceptors (Lipinski definition) is 2. The summed E-state index contributed by atoms with van der Waals surface area (Å²) in [5.41, 5.74) is 2.37. The molecule has 2 heteroatoms. The maximum absolute atomic E-state index is 6.01. The summed E-state index contributed by atoms with van der Waals surface area (Å²) in [6, 6.07) is 20.6. The molecular weight excluding hydrogens is 224 g/mol. The highest BCUT2D eigenvalue weighted by Crippen LogP contribution is 2.27. The van der Waals surface area contributed by atoms with E-state index in [0.29, 0.717) is 12.7 Å². The van der Waals surface area contributed by atoms with Crippen LogP contribution in [0.2, 0.25) is 0 Å². The first-order valence-corrected chi connectivity index (χ1v) is 6.26. The summed E-state index contributed by atoms with van der Waals surface area (Å²) in [4.78, 5) is 0. The molecule has 0 amide bonds. The van der Waals surface area contributed by atoms with Gasteiger partial charge >= 0.3 is 0 Å². The lowest BCUT2D eigenvalue weighted by atomic mass is 10.0. The van der Waals surface area contributed by atoms with Crippen molar-refractivity contribution in [1.29, 1.82) is 0 Å². The summed E-state index contributed by atoms with van der Waals surface area (Å²) in [5, 5.41) is 0. The number of ether oxygens (including phenoxy) is 2. The Labute approximate surface area is 107 Å². The third kappa shape index (κ3) is 2.78. The summed E-state index contributed by atoms with van der Waals surface area (Å²) in [5.74, 6) is 0. The second kappa shape index (κ2) is 5.34. The molecule has 1 fully saturated rings. The van der Waals surface area contributed by atoms with Gasteiger partial charge in [-0.25, -0.2) is 0 Å². The monoisotopic (exact) mass is 240 g/mol. The Morgan fingerprint density at radius 2 is 1.44 bits per heavy atom. The van der Waals surface area contributed by atoms with Gasteiger partial charge in [0.15, 0.2) is 0 Å². The SMILES string of the molecule is c1ccc(C(OC[C@H]2CO2)c2ccccc2)cc1. The standard InChI is InChI=1S/C16H16O2/c1-3-7-13(8-4-1)16(18-12-15-11-17-15)14-9-5-2-6-10-14/h1-10,15-16H,11-12H2/t15-/m1/s1. The van der Waals surface area contributed by atoms with Crippen molar-refractivity contribution < 1.29 is 9.47 Å². The molecule has 1 aliphatic rings. The minimum atomic E-state index is -0.00315. The second-order valence-corrected chi connectivity index (χ2v) is 4.49. The lowest BCUT2D eigenvalue weighted by molar-refractivity contribution is 0.0672. The van der Waals surface area contributed by atoms with E-state index in [1.165, 1.54) is 11.1 Å². The average molecular weight is 240 g/mol. The minimum Gasteiger partial charge on any atom is -0.371 e. The van der Waals surface area contributed by atoms with Crippen LogP contribution >= 0.6 is 0 Å². The molecule has 1 atom stereocenters. The van der Waals surface area contributed by atoms with Crippen LogP contribution in [0.3, 0.4) is 0 Å². The fraction of sp³-hybridized carbons (Fsp3) is 0.250.